The summed E-state index contributed by atoms with van der Waals surface area (Å²) in [5.41, 5.74) is 0. The number of carbonyl (C=O) groups is 1. The van der Waals surface area contributed by atoms with Crippen molar-refractivity contribution in [3.05, 3.63) is 11.8 Å². The van der Waals surface area contributed by atoms with Crippen molar-refractivity contribution in [3.8, 4) is 0 Å². The molecule has 1 aromatic rings. The third-order valence-corrected chi connectivity index (χ3v) is 4.21. The lowest BCUT2D eigenvalue weighted by molar-refractivity contribution is 0.249. The highest BCUT2D eigenvalue weighted by Gasteiger charge is 2.28. The van der Waals surface area contributed by atoms with E-state index in [9.17, 15) is 13.2 Å². The van der Waals surface area contributed by atoms with Crippen molar-refractivity contribution in [2.75, 3.05) is 16.8 Å². The van der Waals surface area contributed by atoms with E-state index in [1.807, 2.05) is 0 Å². The van der Waals surface area contributed by atoms with Gasteiger partial charge in [-0.05, 0) is 13.3 Å². The van der Waals surface area contributed by atoms with Crippen LogP contribution in [-0.4, -0.2) is 37.2 Å². The highest BCUT2D eigenvalue weighted by molar-refractivity contribution is 7.91. The molecule has 1 fully saturated rings. The van der Waals surface area contributed by atoms with E-state index >= 15 is 0 Å². The average Bonchev–Trinajstić information content (AvgIpc) is 2.73. The Balaban J connectivity index is 1.86. The average molecular weight is 259 g/mol. The van der Waals surface area contributed by atoms with Gasteiger partial charge in [0.05, 0.1) is 11.5 Å². The number of nitrogens with one attached hydrogen (secondary N) is 2. The summed E-state index contributed by atoms with van der Waals surface area (Å²) in [6.45, 7) is 1.71. The fourth-order valence-corrected chi connectivity index (χ4v) is 3.35. The smallest absolute Gasteiger partial charge is 0.320 e. The quantitative estimate of drug-likeness (QED) is 0.795. The molecule has 1 saturated heterocycles. The molecule has 0 saturated carbocycles. The van der Waals surface area contributed by atoms with Crippen LogP contribution in [0.15, 0.2) is 10.6 Å². The third-order valence-electron chi connectivity index (χ3n) is 2.44. The highest BCUT2D eigenvalue weighted by atomic mass is 32.2. The molecule has 1 aliphatic rings. The predicted octanol–water partition coefficient (Wildman–Crippen LogP) is 0.292. The zero-order valence-corrected chi connectivity index (χ0v) is 10.1. The number of hydrogen-bond donors (Lipinski definition) is 2. The van der Waals surface area contributed by atoms with Gasteiger partial charge in [-0.15, -0.1) is 0 Å². The molecule has 0 aliphatic carbocycles. The van der Waals surface area contributed by atoms with Gasteiger partial charge in [0.15, 0.2) is 15.7 Å². The third kappa shape index (κ3) is 3.19. The maximum atomic E-state index is 11.5. The van der Waals surface area contributed by atoms with Gasteiger partial charge < -0.3 is 9.84 Å². The van der Waals surface area contributed by atoms with Gasteiger partial charge in [0.2, 0.25) is 0 Å². The van der Waals surface area contributed by atoms with Gasteiger partial charge in [-0.2, -0.15) is 0 Å². The lowest BCUT2D eigenvalue weighted by Gasteiger charge is -2.10. The second kappa shape index (κ2) is 4.36. The first kappa shape index (κ1) is 11.9. The molecule has 2 rings (SSSR count). The van der Waals surface area contributed by atoms with E-state index in [1.54, 1.807) is 13.0 Å². The minimum atomic E-state index is -2.99. The van der Waals surface area contributed by atoms with Crippen LogP contribution in [0.4, 0.5) is 10.6 Å². The maximum Gasteiger partial charge on any atom is 0.320 e. The van der Waals surface area contributed by atoms with Gasteiger partial charge >= 0.3 is 6.03 Å². The lowest BCUT2D eigenvalue weighted by atomic mass is 10.3. The molecule has 94 valence electrons. The van der Waals surface area contributed by atoms with Crippen molar-refractivity contribution in [3.63, 3.8) is 0 Å². The molecule has 0 aromatic carbocycles. The molecule has 1 aromatic heterocycles. The second-order valence-corrected chi connectivity index (χ2v) is 6.25. The fraction of sp³-hybridized carbons (Fsp3) is 0.556. The minimum absolute atomic E-state index is 0.00172. The van der Waals surface area contributed by atoms with Gasteiger partial charge in [0.1, 0.15) is 5.76 Å². The standard InChI is InChI=1S/C9H13N3O4S/c1-6-4-8(12-16-6)11-9(13)10-7-2-3-17(14,15)5-7/h4,7H,2-3,5H2,1H3,(H2,10,11,12,13). The second-order valence-electron chi connectivity index (χ2n) is 4.02. The number of hydrogen-bond acceptors (Lipinski definition) is 5. The molecule has 0 radical (unpaired) electrons. The van der Waals surface area contributed by atoms with Crippen molar-refractivity contribution in [1.82, 2.24) is 10.5 Å². The number of carbonyl (C=O) groups excluding carboxylic acids is 1. The molecule has 1 unspecified atom stereocenters. The van der Waals surface area contributed by atoms with E-state index in [1.165, 1.54) is 0 Å². The first-order valence-corrected chi connectivity index (χ1v) is 6.98. The molecule has 0 bridgehead atoms. The summed E-state index contributed by atoms with van der Waals surface area (Å²) < 4.78 is 27.2. The van der Waals surface area contributed by atoms with Crippen molar-refractivity contribution < 1.29 is 17.7 Å². The molecule has 1 aliphatic heterocycles. The normalized spacial score (nSPS) is 22.3. The summed E-state index contributed by atoms with van der Waals surface area (Å²) in [6.07, 6.45) is 0.452. The molecule has 2 heterocycles. The van der Waals surface area contributed by atoms with Gasteiger partial charge in [0.25, 0.3) is 0 Å². The summed E-state index contributed by atoms with van der Waals surface area (Å²) >= 11 is 0. The predicted molar refractivity (Wildman–Crippen MR) is 60.5 cm³/mol. The van der Waals surface area contributed by atoms with Gasteiger partial charge in [-0.25, -0.2) is 13.2 Å². The van der Waals surface area contributed by atoms with Crippen LogP contribution in [0.3, 0.4) is 0 Å². The van der Waals surface area contributed by atoms with Crippen molar-refractivity contribution >= 4 is 21.7 Å². The zero-order chi connectivity index (χ0) is 12.5. The van der Waals surface area contributed by atoms with E-state index in [0.29, 0.717) is 18.0 Å². The van der Waals surface area contributed by atoms with E-state index in [4.69, 9.17) is 4.52 Å². The van der Waals surface area contributed by atoms with Crippen LogP contribution in [0.5, 0.6) is 0 Å². The number of nitrogens with zero attached hydrogens (tertiary/aromatic N) is 1. The Morgan fingerprint density at radius 3 is 2.88 bits per heavy atom. The number of amides is 2. The number of anilines is 1. The Bertz CT molecular complexity index is 522. The van der Waals surface area contributed by atoms with E-state index in [0.717, 1.165) is 0 Å². The fourth-order valence-electron chi connectivity index (χ4n) is 1.67. The van der Waals surface area contributed by atoms with Crippen LogP contribution in [-0.2, 0) is 9.84 Å². The van der Waals surface area contributed by atoms with Crippen LogP contribution in [0.25, 0.3) is 0 Å². The summed E-state index contributed by atoms with van der Waals surface area (Å²) in [6, 6.07) is 0.777. The van der Waals surface area contributed by atoms with Crippen molar-refractivity contribution in [2.24, 2.45) is 0 Å². The number of sulfone groups is 1. The number of aryl methyl sites for hydroxylation is 1. The summed E-state index contributed by atoms with van der Waals surface area (Å²) in [5, 5.41) is 8.64. The summed E-state index contributed by atoms with van der Waals surface area (Å²) in [5.74, 6) is 1.02. The van der Waals surface area contributed by atoms with Crippen LogP contribution >= 0.6 is 0 Å². The first-order chi connectivity index (χ1) is 7.94. The zero-order valence-electron chi connectivity index (χ0n) is 9.26. The first-order valence-electron chi connectivity index (χ1n) is 5.16. The van der Waals surface area contributed by atoms with Crippen LogP contribution in [0.2, 0.25) is 0 Å². The van der Waals surface area contributed by atoms with Gasteiger partial charge in [-0.3, -0.25) is 5.32 Å². The van der Waals surface area contributed by atoms with E-state index < -0.39 is 15.9 Å². The molecule has 17 heavy (non-hydrogen) atoms. The minimum Gasteiger partial charge on any atom is -0.360 e. The molecule has 0 spiro atoms. The molecule has 2 N–H and O–H groups in total. The molecule has 2 amide bonds. The lowest BCUT2D eigenvalue weighted by Crippen LogP contribution is -2.38. The summed E-state index contributed by atoms with van der Waals surface area (Å²) in [7, 11) is -2.99. The maximum absolute atomic E-state index is 11.5. The number of rotatable bonds is 2. The van der Waals surface area contributed by atoms with Crippen LogP contribution in [0, 0.1) is 6.92 Å². The monoisotopic (exact) mass is 259 g/mol. The number of urea groups is 1. The number of aromatic nitrogens is 1. The Morgan fingerprint density at radius 2 is 2.35 bits per heavy atom. The Labute approximate surface area is 98.5 Å². The van der Waals surface area contributed by atoms with Gasteiger partial charge in [0, 0.05) is 12.1 Å². The van der Waals surface area contributed by atoms with Crippen molar-refractivity contribution in [2.45, 2.75) is 19.4 Å². The molecule has 7 nitrogen and oxygen atoms in total. The topological polar surface area (TPSA) is 101 Å². The molecule has 8 heteroatoms. The summed E-state index contributed by atoms with van der Waals surface area (Å²) in [4.78, 5) is 11.5. The molecular weight excluding hydrogens is 246 g/mol. The van der Waals surface area contributed by atoms with Gasteiger partial charge in [-0.1, -0.05) is 5.16 Å². The van der Waals surface area contributed by atoms with E-state index in [2.05, 4.69) is 15.8 Å². The molecule has 1 atom stereocenters. The molecular formula is C9H13N3O4S. The van der Waals surface area contributed by atoms with Crippen LogP contribution in [0.1, 0.15) is 12.2 Å². The Morgan fingerprint density at radius 1 is 1.59 bits per heavy atom. The Hall–Kier alpha value is -1.57. The van der Waals surface area contributed by atoms with E-state index in [-0.39, 0.29) is 17.5 Å². The van der Waals surface area contributed by atoms with Crippen molar-refractivity contribution in [1.29, 1.82) is 0 Å². The highest BCUT2D eigenvalue weighted by Crippen LogP contribution is 2.12. The largest absolute Gasteiger partial charge is 0.360 e. The van der Waals surface area contributed by atoms with Crippen LogP contribution < -0.4 is 10.6 Å². The SMILES string of the molecule is Cc1cc(NC(=O)NC2CCS(=O)(=O)C2)no1. The Kier molecular flexibility index (Phi) is 3.05.